The van der Waals surface area contributed by atoms with E-state index in [-0.39, 0.29) is 5.82 Å². The minimum absolute atomic E-state index is 0.347. The molecular formula is C17H18BrFN2S. The first-order chi connectivity index (χ1) is 10.6. The standard InChI is InChI=1S/C17H18BrFN2S/c1-2-3-4-12-5-8-14(9-6-12)20-17(22)21-16-10-7-13(18)11-15(16)19/h5-11H,2-4H2,1H3,(H2,20,21,22). The fraction of sp³-hybridized carbons (Fsp3) is 0.235. The predicted molar refractivity (Wildman–Crippen MR) is 99.0 cm³/mol. The third-order valence-corrected chi connectivity index (χ3v) is 3.91. The second-order valence-electron chi connectivity index (χ2n) is 5.00. The van der Waals surface area contributed by atoms with Crippen LogP contribution in [0.5, 0.6) is 0 Å². The van der Waals surface area contributed by atoms with Crippen LogP contribution in [0.15, 0.2) is 46.9 Å². The maximum absolute atomic E-state index is 13.7. The normalized spacial score (nSPS) is 10.3. The van der Waals surface area contributed by atoms with Gasteiger partial charge in [0.05, 0.1) is 5.69 Å². The van der Waals surface area contributed by atoms with Gasteiger partial charge < -0.3 is 10.6 Å². The van der Waals surface area contributed by atoms with E-state index in [0.717, 1.165) is 12.1 Å². The molecule has 2 aromatic carbocycles. The average Bonchev–Trinajstić information content (AvgIpc) is 2.49. The summed E-state index contributed by atoms with van der Waals surface area (Å²) >= 11 is 8.44. The second-order valence-corrected chi connectivity index (χ2v) is 6.33. The third-order valence-electron chi connectivity index (χ3n) is 3.21. The van der Waals surface area contributed by atoms with Gasteiger partial charge in [-0.2, -0.15) is 0 Å². The van der Waals surface area contributed by atoms with E-state index in [0.29, 0.717) is 15.3 Å². The second kappa shape index (κ2) is 8.25. The maximum atomic E-state index is 13.7. The number of anilines is 2. The van der Waals surface area contributed by atoms with Gasteiger partial charge in [0, 0.05) is 10.2 Å². The van der Waals surface area contributed by atoms with Crippen molar-refractivity contribution in [2.75, 3.05) is 10.6 Å². The number of thiocarbonyl (C=S) groups is 1. The number of benzene rings is 2. The summed E-state index contributed by atoms with van der Waals surface area (Å²) < 4.78 is 14.4. The van der Waals surface area contributed by atoms with E-state index in [1.54, 1.807) is 12.1 Å². The quantitative estimate of drug-likeness (QED) is 0.646. The molecule has 0 aliphatic carbocycles. The van der Waals surface area contributed by atoms with Crippen LogP contribution in [-0.4, -0.2) is 5.11 Å². The molecular weight excluding hydrogens is 363 g/mol. The smallest absolute Gasteiger partial charge is 0.175 e. The number of nitrogens with one attached hydrogen (secondary N) is 2. The average molecular weight is 381 g/mol. The van der Waals surface area contributed by atoms with E-state index in [1.807, 2.05) is 12.1 Å². The van der Waals surface area contributed by atoms with E-state index in [4.69, 9.17) is 12.2 Å². The number of aryl methyl sites for hydroxylation is 1. The first-order valence-electron chi connectivity index (χ1n) is 7.20. The monoisotopic (exact) mass is 380 g/mol. The molecule has 2 N–H and O–H groups in total. The molecule has 0 radical (unpaired) electrons. The molecule has 0 amide bonds. The Morgan fingerprint density at radius 2 is 1.86 bits per heavy atom. The van der Waals surface area contributed by atoms with E-state index in [9.17, 15) is 4.39 Å². The highest BCUT2D eigenvalue weighted by molar-refractivity contribution is 9.10. The Kier molecular flexibility index (Phi) is 6.34. The number of rotatable bonds is 5. The van der Waals surface area contributed by atoms with Crippen LogP contribution in [0.25, 0.3) is 0 Å². The number of halogens is 2. The lowest BCUT2D eigenvalue weighted by Gasteiger charge is -2.12. The van der Waals surface area contributed by atoms with E-state index in [2.05, 4.69) is 45.6 Å². The molecule has 0 unspecified atom stereocenters. The lowest BCUT2D eigenvalue weighted by atomic mass is 10.1. The molecule has 0 fully saturated rings. The minimum atomic E-state index is -0.353. The van der Waals surface area contributed by atoms with Crippen molar-refractivity contribution in [1.29, 1.82) is 0 Å². The van der Waals surface area contributed by atoms with Crippen molar-refractivity contribution in [2.24, 2.45) is 0 Å². The first-order valence-corrected chi connectivity index (χ1v) is 8.40. The predicted octanol–water partition coefficient (Wildman–Crippen LogP) is 5.74. The Labute approximate surface area is 144 Å². The highest BCUT2D eigenvalue weighted by atomic mass is 79.9. The van der Waals surface area contributed by atoms with Gasteiger partial charge in [-0.15, -0.1) is 0 Å². The van der Waals surface area contributed by atoms with Gasteiger partial charge in [0.25, 0.3) is 0 Å². The van der Waals surface area contributed by atoms with Crippen LogP contribution < -0.4 is 10.6 Å². The van der Waals surface area contributed by atoms with E-state index < -0.39 is 0 Å². The Balaban J connectivity index is 1.94. The van der Waals surface area contributed by atoms with Gasteiger partial charge >= 0.3 is 0 Å². The van der Waals surface area contributed by atoms with Gasteiger partial charge in [0.15, 0.2) is 5.11 Å². The highest BCUT2D eigenvalue weighted by Crippen LogP contribution is 2.20. The summed E-state index contributed by atoms with van der Waals surface area (Å²) in [4.78, 5) is 0. The Bertz CT molecular complexity index is 644. The summed E-state index contributed by atoms with van der Waals surface area (Å²) in [7, 11) is 0. The topological polar surface area (TPSA) is 24.1 Å². The minimum Gasteiger partial charge on any atom is -0.332 e. The molecule has 0 aromatic heterocycles. The van der Waals surface area contributed by atoms with Crippen LogP contribution in [0.3, 0.4) is 0 Å². The number of hydrogen-bond donors (Lipinski definition) is 2. The van der Waals surface area contributed by atoms with Gasteiger partial charge in [0.2, 0.25) is 0 Å². The third kappa shape index (κ3) is 5.07. The Morgan fingerprint density at radius 1 is 1.14 bits per heavy atom. The molecule has 0 atom stereocenters. The lowest BCUT2D eigenvalue weighted by Crippen LogP contribution is -2.19. The first kappa shape index (κ1) is 16.9. The fourth-order valence-corrected chi connectivity index (χ4v) is 2.57. The summed E-state index contributed by atoms with van der Waals surface area (Å²) in [5.74, 6) is -0.353. The van der Waals surface area contributed by atoms with Crippen LogP contribution in [0.4, 0.5) is 15.8 Å². The molecule has 116 valence electrons. The van der Waals surface area contributed by atoms with Crippen molar-refractivity contribution in [3.8, 4) is 0 Å². The van der Waals surface area contributed by atoms with Crippen molar-refractivity contribution >= 4 is 44.6 Å². The van der Waals surface area contributed by atoms with Crippen LogP contribution in [0, 0.1) is 5.82 Å². The summed E-state index contributed by atoms with van der Waals surface area (Å²) in [6.07, 6.45) is 3.46. The molecule has 0 bridgehead atoms. The van der Waals surface area contributed by atoms with Gasteiger partial charge in [-0.25, -0.2) is 4.39 Å². The van der Waals surface area contributed by atoms with Gasteiger partial charge in [0.1, 0.15) is 5.82 Å². The molecule has 0 saturated carbocycles. The molecule has 0 aliphatic rings. The lowest BCUT2D eigenvalue weighted by molar-refractivity contribution is 0.631. The van der Waals surface area contributed by atoms with E-state index in [1.165, 1.54) is 24.5 Å². The Morgan fingerprint density at radius 3 is 2.50 bits per heavy atom. The molecule has 0 spiro atoms. The Hall–Kier alpha value is -1.46. The molecule has 2 aromatic rings. The summed E-state index contributed by atoms with van der Waals surface area (Å²) in [5, 5.41) is 6.28. The van der Waals surface area contributed by atoms with Crippen molar-refractivity contribution in [3.05, 3.63) is 58.3 Å². The number of unbranched alkanes of at least 4 members (excludes halogenated alkanes) is 1. The molecule has 2 nitrogen and oxygen atoms in total. The van der Waals surface area contributed by atoms with Crippen LogP contribution in [0.2, 0.25) is 0 Å². The number of hydrogen-bond acceptors (Lipinski definition) is 1. The summed E-state index contributed by atoms with van der Waals surface area (Å²) in [6, 6.07) is 12.9. The SMILES string of the molecule is CCCCc1ccc(NC(=S)Nc2ccc(Br)cc2F)cc1. The molecule has 0 heterocycles. The van der Waals surface area contributed by atoms with Crippen LogP contribution in [0.1, 0.15) is 25.3 Å². The molecule has 2 rings (SSSR count). The van der Waals surface area contributed by atoms with Gasteiger partial charge in [-0.1, -0.05) is 41.4 Å². The maximum Gasteiger partial charge on any atom is 0.175 e. The largest absolute Gasteiger partial charge is 0.332 e. The van der Waals surface area contributed by atoms with Crippen molar-refractivity contribution in [3.63, 3.8) is 0 Å². The van der Waals surface area contributed by atoms with Crippen LogP contribution >= 0.6 is 28.1 Å². The van der Waals surface area contributed by atoms with Gasteiger partial charge in [-0.05, 0) is 61.0 Å². The molecule has 5 heteroatoms. The molecule has 22 heavy (non-hydrogen) atoms. The molecule has 0 aliphatic heterocycles. The summed E-state index contributed by atoms with van der Waals surface area (Å²) in [6.45, 7) is 2.18. The fourth-order valence-electron chi connectivity index (χ4n) is 2.01. The van der Waals surface area contributed by atoms with Crippen molar-refractivity contribution in [2.45, 2.75) is 26.2 Å². The summed E-state index contributed by atoms with van der Waals surface area (Å²) in [5.41, 5.74) is 2.54. The van der Waals surface area contributed by atoms with Crippen molar-refractivity contribution in [1.82, 2.24) is 0 Å². The zero-order valence-corrected chi connectivity index (χ0v) is 14.7. The van der Waals surface area contributed by atoms with Crippen molar-refractivity contribution < 1.29 is 4.39 Å². The zero-order valence-electron chi connectivity index (χ0n) is 12.3. The highest BCUT2D eigenvalue weighted by Gasteiger charge is 2.05. The van der Waals surface area contributed by atoms with Gasteiger partial charge in [-0.3, -0.25) is 0 Å². The zero-order chi connectivity index (χ0) is 15.9. The van der Waals surface area contributed by atoms with E-state index >= 15 is 0 Å². The molecule has 0 saturated heterocycles. The van der Waals surface area contributed by atoms with Crippen LogP contribution in [-0.2, 0) is 6.42 Å².